The van der Waals surface area contributed by atoms with Gasteiger partial charge in [-0.25, -0.2) is 4.79 Å². The van der Waals surface area contributed by atoms with Gasteiger partial charge >= 0.3 is 12.0 Å². The summed E-state index contributed by atoms with van der Waals surface area (Å²) < 4.78 is 0. The van der Waals surface area contributed by atoms with Crippen molar-refractivity contribution in [2.24, 2.45) is 5.92 Å². The van der Waals surface area contributed by atoms with Crippen molar-refractivity contribution < 1.29 is 14.7 Å². The minimum Gasteiger partial charge on any atom is -0.481 e. The molecule has 5 nitrogen and oxygen atoms in total. The molecule has 5 heteroatoms. The van der Waals surface area contributed by atoms with Gasteiger partial charge in [-0.05, 0) is 25.8 Å². The topological polar surface area (TPSA) is 69.6 Å². The Bertz CT molecular complexity index is 494. The molecule has 1 unspecified atom stereocenters. The third kappa shape index (κ3) is 5.85. The average Bonchev–Trinajstić information content (AvgIpc) is 2.37. The largest absolute Gasteiger partial charge is 0.481 e. The van der Waals surface area contributed by atoms with Gasteiger partial charge in [-0.1, -0.05) is 36.2 Å². The second-order valence-electron chi connectivity index (χ2n) is 5.60. The number of urea groups is 1. The highest BCUT2D eigenvalue weighted by Gasteiger charge is 2.16. The zero-order valence-corrected chi connectivity index (χ0v) is 13.1. The molecule has 0 spiro atoms. The summed E-state index contributed by atoms with van der Waals surface area (Å²) in [7, 11) is 1.60. The van der Waals surface area contributed by atoms with Crippen molar-refractivity contribution >= 4 is 12.0 Å². The Morgan fingerprint density at radius 1 is 1.24 bits per heavy atom. The van der Waals surface area contributed by atoms with Crippen molar-refractivity contribution in [1.29, 1.82) is 0 Å². The molecule has 116 valence electrons. The molecule has 0 fully saturated rings. The van der Waals surface area contributed by atoms with Crippen LogP contribution in [0, 0.1) is 19.8 Å². The maximum atomic E-state index is 11.8. The molecule has 0 saturated carbocycles. The van der Waals surface area contributed by atoms with E-state index in [1.807, 2.05) is 0 Å². The number of carbonyl (C=O) groups excluding carboxylic acids is 1. The number of nitrogens with one attached hydrogen (secondary N) is 1. The summed E-state index contributed by atoms with van der Waals surface area (Å²) in [5, 5.41) is 11.6. The average molecular weight is 292 g/mol. The molecular formula is C16H24N2O3. The predicted octanol–water partition coefficient (Wildman–Crippen LogP) is 2.21. The Labute approximate surface area is 126 Å². The summed E-state index contributed by atoms with van der Waals surface area (Å²) in [6.45, 7) is 6.42. The van der Waals surface area contributed by atoms with Crippen LogP contribution in [-0.2, 0) is 11.2 Å². The van der Waals surface area contributed by atoms with Crippen molar-refractivity contribution in [3.05, 3.63) is 34.9 Å². The van der Waals surface area contributed by atoms with E-state index in [0.717, 1.165) is 6.42 Å². The van der Waals surface area contributed by atoms with Crippen LogP contribution in [0.2, 0.25) is 0 Å². The molecule has 0 radical (unpaired) electrons. The van der Waals surface area contributed by atoms with E-state index in [1.54, 1.807) is 14.0 Å². The lowest BCUT2D eigenvalue weighted by Gasteiger charge is -2.20. The Morgan fingerprint density at radius 3 is 2.33 bits per heavy atom. The van der Waals surface area contributed by atoms with Crippen LogP contribution in [0.4, 0.5) is 4.79 Å². The summed E-state index contributed by atoms with van der Waals surface area (Å²) in [6.07, 6.45) is 0.761. The number of carboxylic acid groups (broad SMARTS) is 1. The summed E-state index contributed by atoms with van der Waals surface area (Å²) in [4.78, 5) is 24.0. The molecule has 1 atom stereocenters. The van der Waals surface area contributed by atoms with Crippen LogP contribution < -0.4 is 5.32 Å². The number of benzene rings is 1. The van der Waals surface area contributed by atoms with Gasteiger partial charge in [-0.3, -0.25) is 4.79 Å². The SMILES string of the molecule is Cc1cc(C)cc(CCNC(=O)N(C)CC(C)C(=O)O)c1. The molecule has 0 bridgehead atoms. The van der Waals surface area contributed by atoms with Crippen LogP contribution in [0.3, 0.4) is 0 Å². The number of aryl methyl sites for hydroxylation is 2. The van der Waals surface area contributed by atoms with Crippen LogP contribution in [-0.4, -0.2) is 42.1 Å². The summed E-state index contributed by atoms with van der Waals surface area (Å²) in [5.41, 5.74) is 3.61. The number of aliphatic carboxylic acids is 1. The summed E-state index contributed by atoms with van der Waals surface area (Å²) >= 11 is 0. The molecule has 0 saturated heterocycles. The highest BCUT2D eigenvalue weighted by molar-refractivity contribution is 5.75. The van der Waals surface area contributed by atoms with E-state index in [1.165, 1.54) is 21.6 Å². The summed E-state index contributed by atoms with van der Waals surface area (Å²) in [6, 6.07) is 6.08. The van der Waals surface area contributed by atoms with Gasteiger partial charge in [0.15, 0.2) is 0 Å². The number of rotatable bonds is 6. The maximum Gasteiger partial charge on any atom is 0.317 e. The Morgan fingerprint density at radius 2 is 1.81 bits per heavy atom. The quantitative estimate of drug-likeness (QED) is 0.844. The van der Waals surface area contributed by atoms with E-state index < -0.39 is 11.9 Å². The first-order chi connectivity index (χ1) is 9.79. The number of hydrogen-bond donors (Lipinski definition) is 2. The highest BCUT2D eigenvalue weighted by atomic mass is 16.4. The van der Waals surface area contributed by atoms with Crippen molar-refractivity contribution in [2.75, 3.05) is 20.1 Å². The minimum atomic E-state index is -0.898. The Hall–Kier alpha value is -2.04. The van der Waals surface area contributed by atoms with Crippen molar-refractivity contribution in [3.8, 4) is 0 Å². The standard InChI is InChI=1S/C16H24N2O3/c1-11-7-12(2)9-14(8-11)5-6-17-16(21)18(4)10-13(3)15(19)20/h7-9,13H,5-6,10H2,1-4H3,(H,17,21)(H,19,20). The fourth-order valence-electron chi connectivity index (χ4n) is 2.23. The molecule has 0 aromatic heterocycles. The Balaban J connectivity index is 2.41. The minimum absolute atomic E-state index is 0.199. The van der Waals surface area contributed by atoms with Crippen molar-refractivity contribution in [2.45, 2.75) is 27.2 Å². The molecule has 0 aliphatic heterocycles. The molecule has 0 heterocycles. The van der Waals surface area contributed by atoms with Crippen LogP contribution >= 0.6 is 0 Å². The fourth-order valence-corrected chi connectivity index (χ4v) is 2.23. The smallest absolute Gasteiger partial charge is 0.317 e. The molecule has 2 amide bonds. The van der Waals surface area contributed by atoms with Gasteiger partial charge in [0.05, 0.1) is 5.92 Å². The first-order valence-electron chi connectivity index (χ1n) is 7.08. The Kier molecular flexibility index (Phi) is 6.21. The van der Waals surface area contributed by atoms with Crippen LogP contribution in [0.15, 0.2) is 18.2 Å². The maximum absolute atomic E-state index is 11.8. The lowest BCUT2D eigenvalue weighted by molar-refractivity contribution is -0.141. The normalized spacial score (nSPS) is 11.8. The molecule has 1 rings (SSSR count). The highest BCUT2D eigenvalue weighted by Crippen LogP contribution is 2.09. The van der Waals surface area contributed by atoms with E-state index in [2.05, 4.69) is 37.4 Å². The van der Waals surface area contributed by atoms with Crippen LogP contribution in [0.1, 0.15) is 23.6 Å². The summed E-state index contributed by atoms with van der Waals surface area (Å²) in [5.74, 6) is -1.47. The molecular weight excluding hydrogens is 268 g/mol. The first kappa shape index (κ1) is 17.0. The van der Waals surface area contributed by atoms with E-state index in [0.29, 0.717) is 6.54 Å². The molecule has 2 N–H and O–H groups in total. The fraction of sp³-hybridized carbons (Fsp3) is 0.500. The predicted molar refractivity (Wildman–Crippen MR) is 82.4 cm³/mol. The van der Waals surface area contributed by atoms with Gasteiger partial charge in [0.1, 0.15) is 0 Å². The van der Waals surface area contributed by atoms with E-state index >= 15 is 0 Å². The molecule has 1 aromatic carbocycles. The van der Waals surface area contributed by atoms with E-state index in [9.17, 15) is 9.59 Å². The molecule has 1 aromatic rings. The van der Waals surface area contributed by atoms with Crippen LogP contribution in [0.25, 0.3) is 0 Å². The van der Waals surface area contributed by atoms with Gasteiger partial charge in [0.2, 0.25) is 0 Å². The van der Waals surface area contributed by atoms with Gasteiger partial charge in [-0.2, -0.15) is 0 Å². The second kappa shape index (κ2) is 7.67. The second-order valence-corrected chi connectivity index (χ2v) is 5.60. The first-order valence-corrected chi connectivity index (χ1v) is 7.08. The molecule has 0 aliphatic rings. The zero-order chi connectivity index (χ0) is 16.0. The number of carboxylic acids is 1. The van der Waals surface area contributed by atoms with E-state index in [-0.39, 0.29) is 12.6 Å². The third-order valence-corrected chi connectivity index (χ3v) is 3.29. The molecule has 21 heavy (non-hydrogen) atoms. The van der Waals surface area contributed by atoms with Gasteiger partial charge in [-0.15, -0.1) is 0 Å². The monoisotopic (exact) mass is 292 g/mol. The van der Waals surface area contributed by atoms with Gasteiger partial charge in [0, 0.05) is 20.1 Å². The lowest BCUT2D eigenvalue weighted by Crippen LogP contribution is -2.41. The zero-order valence-electron chi connectivity index (χ0n) is 13.1. The van der Waals surface area contributed by atoms with Crippen molar-refractivity contribution in [1.82, 2.24) is 10.2 Å². The van der Waals surface area contributed by atoms with Crippen molar-refractivity contribution in [3.63, 3.8) is 0 Å². The number of hydrogen-bond acceptors (Lipinski definition) is 2. The number of nitrogens with zero attached hydrogens (tertiary/aromatic N) is 1. The number of amides is 2. The third-order valence-electron chi connectivity index (χ3n) is 3.29. The van der Waals surface area contributed by atoms with Gasteiger partial charge < -0.3 is 15.3 Å². The van der Waals surface area contributed by atoms with Crippen LogP contribution in [0.5, 0.6) is 0 Å². The lowest BCUT2D eigenvalue weighted by atomic mass is 10.1. The molecule has 0 aliphatic carbocycles. The number of carbonyl (C=O) groups is 2. The van der Waals surface area contributed by atoms with E-state index in [4.69, 9.17) is 5.11 Å². The van der Waals surface area contributed by atoms with Gasteiger partial charge in [0.25, 0.3) is 0 Å².